The van der Waals surface area contributed by atoms with E-state index in [2.05, 4.69) is 6.92 Å². The fourth-order valence-electron chi connectivity index (χ4n) is 1.35. The first-order valence-corrected chi connectivity index (χ1v) is 5.47. The minimum atomic E-state index is -0.0437. The van der Waals surface area contributed by atoms with Crippen molar-refractivity contribution in [3.8, 4) is 0 Å². The van der Waals surface area contributed by atoms with E-state index < -0.39 is 0 Å². The molecular weight excluding hydrogens is 162 g/mol. The summed E-state index contributed by atoms with van der Waals surface area (Å²) in [4.78, 5) is 0. The van der Waals surface area contributed by atoms with Crippen LogP contribution in [0.4, 0.5) is 0 Å². The van der Waals surface area contributed by atoms with Gasteiger partial charge in [0.1, 0.15) is 6.23 Å². The summed E-state index contributed by atoms with van der Waals surface area (Å²) < 4.78 is 5.24. The molecule has 13 heavy (non-hydrogen) atoms. The van der Waals surface area contributed by atoms with Crippen LogP contribution < -0.4 is 5.73 Å². The van der Waals surface area contributed by atoms with Crippen molar-refractivity contribution in [1.29, 1.82) is 0 Å². The van der Waals surface area contributed by atoms with E-state index in [9.17, 15) is 0 Å². The Bertz CT molecular complexity index is 96.1. The maximum absolute atomic E-state index is 5.69. The van der Waals surface area contributed by atoms with Crippen LogP contribution >= 0.6 is 0 Å². The van der Waals surface area contributed by atoms with Gasteiger partial charge in [-0.1, -0.05) is 39.0 Å². The van der Waals surface area contributed by atoms with Gasteiger partial charge in [-0.05, 0) is 19.8 Å². The van der Waals surface area contributed by atoms with E-state index in [0.717, 1.165) is 19.4 Å². The van der Waals surface area contributed by atoms with Crippen LogP contribution in [-0.2, 0) is 4.74 Å². The highest BCUT2D eigenvalue weighted by molar-refractivity contribution is 4.51. The molecule has 0 fully saturated rings. The first-order valence-electron chi connectivity index (χ1n) is 5.47. The molecule has 1 unspecified atom stereocenters. The Morgan fingerprint density at radius 3 is 2.38 bits per heavy atom. The SMILES string of the molecule is [CH2]CCCCCCCC(N)OCC. The van der Waals surface area contributed by atoms with E-state index in [1.165, 1.54) is 32.1 Å². The van der Waals surface area contributed by atoms with Crippen LogP contribution in [0.25, 0.3) is 0 Å². The Hall–Kier alpha value is -0.0800. The molecule has 0 saturated heterocycles. The molecule has 79 valence electrons. The van der Waals surface area contributed by atoms with Crippen molar-refractivity contribution in [2.45, 2.75) is 58.1 Å². The van der Waals surface area contributed by atoms with Crippen LogP contribution in [0.2, 0.25) is 0 Å². The number of ether oxygens (including phenoxy) is 1. The summed E-state index contributed by atoms with van der Waals surface area (Å²) in [5.74, 6) is 0. The molecule has 2 N–H and O–H groups in total. The number of hydrogen-bond donors (Lipinski definition) is 1. The predicted molar refractivity (Wildman–Crippen MR) is 57.3 cm³/mol. The van der Waals surface area contributed by atoms with Gasteiger partial charge in [0.2, 0.25) is 0 Å². The molecule has 0 aromatic carbocycles. The molecular formula is C11H24NO. The molecule has 0 aliphatic heterocycles. The van der Waals surface area contributed by atoms with Crippen molar-refractivity contribution in [1.82, 2.24) is 0 Å². The molecule has 0 aromatic rings. The molecule has 0 aliphatic carbocycles. The van der Waals surface area contributed by atoms with E-state index in [1.54, 1.807) is 0 Å². The third kappa shape index (κ3) is 9.84. The van der Waals surface area contributed by atoms with Gasteiger partial charge in [0.25, 0.3) is 0 Å². The lowest BCUT2D eigenvalue weighted by molar-refractivity contribution is 0.0597. The molecule has 0 heterocycles. The third-order valence-electron chi connectivity index (χ3n) is 2.12. The first-order chi connectivity index (χ1) is 6.31. The quantitative estimate of drug-likeness (QED) is 0.444. The Balaban J connectivity index is 2.97. The summed E-state index contributed by atoms with van der Waals surface area (Å²) in [7, 11) is 0. The van der Waals surface area contributed by atoms with Gasteiger partial charge in [0, 0.05) is 6.61 Å². The Morgan fingerprint density at radius 2 is 1.77 bits per heavy atom. The monoisotopic (exact) mass is 186 g/mol. The molecule has 1 radical (unpaired) electrons. The summed E-state index contributed by atoms with van der Waals surface area (Å²) in [6.45, 7) is 6.52. The second kappa shape index (κ2) is 10.0. The standard InChI is InChI=1S/C11H24NO/c1-3-5-6-7-8-9-10-11(12)13-4-2/h11H,1,3-10,12H2,2H3. The summed E-state index contributed by atoms with van der Waals surface area (Å²) >= 11 is 0. The zero-order valence-electron chi connectivity index (χ0n) is 8.93. The highest BCUT2D eigenvalue weighted by atomic mass is 16.5. The molecule has 0 spiro atoms. The Labute approximate surface area is 82.8 Å². The van der Waals surface area contributed by atoms with Gasteiger partial charge in [-0.3, -0.25) is 0 Å². The average molecular weight is 186 g/mol. The normalized spacial score (nSPS) is 13.2. The van der Waals surface area contributed by atoms with Crippen LogP contribution in [0.3, 0.4) is 0 Å². The lowest BCUT2D eigenvalue weighted by Gasteiger charge is -2.10. The molecule has 0 rings (SSSR count). The van der Waals surface area contributed by atoms with Gasteiger partial charge >= 0.3 is 0 Å². The maximum Gasteiger partial charge on any atom is 0.105 e. The van der Waals surface area contributed by atoms with Crippen LogP contribution in [0.5, 0.6) is 0 Å². The van der Waals surface area contributed by atoms with Crippen LogP contribution in [0.15, 0.2) is 0 Å². The van der Waals surface area contributed by atoms with Gasteiger partial charge in [0.15, 0.2) is 0 Å². The van der Waals surface area contributed by atoms with Gasteiger partial charge in [-0.15, -0.1) is 0 Å². The second-order valence-electron chi connectivity index (χ2n) is 3.40. The number of nitrogens with two attached hydrogens (primary N) is 1. The molecule has 2 heteroatoms. The van der Waals surface area contributed by atoms with E-state index in [-0.39, 0.29) is 6.23 Å². The molecule has 2 nitrogen and oxygen atoms in total. The van der Waals surface area contributed by atoms with Gasteiger partial charge in [-0.25, -0.2) is 0 Å². The minimum absolute atomic E-state index is 0.0437. The summed E-state index contributed by atoms with van der Waals surface area (Å²) in [5, 5.41) is 0. The highest BCUT2D eigenvalue weighted by Gasteiger charge is 1.99. The van der Waals surface area contributed by atoms with Crippen molar-refractivity contribution in [2.24, 2.45) is 5.73 Å². The average Bonchev–Trinajstić information content (AvgIpc) is 2.11. The zero-order valence-corrected chi connectivity index (χ0v) is 8.93. The van der Waals surface area contributed by atoms with E-state index in [1.807, 2.05) is 6.92 Å². The third-order valence-corrected chi connectivity index (χ3v) is 2.12. The van der Waals surface area contributed by atoms with Crippen LogP contribution in [0, 0.1) is 6.92 Å². The Morgan fingerprint density at radius 1 is 1.15 bits per heavy atom. The topological polar surface area (TPSA) is 35.2 Å². The van der Waals surface area contributed by atoms with Crippen molar-refractivity contribution in [3.63, 3.8) is 0 Å². The van der Waals surface area contributed by atoms with Crippen LogP contribution in [0.1, 0.15) is 51.9 Å². The molecule has 0 bridgehead atoms. The van der Waals surface area contributed by atoms with Gasteiger partial charge in [0.05, 0.1) is 0 Å². The lowest BCUT2D eigenvalue weighted by Crippen LogP contribution is -2.23. The number of unbranched alkanes of at least 4 members (excludes halogenated alkanes) is 5. The Kier molecular flexibility index (Phi) is 9.94. The maximum atomic E-state index is 5.69. The van der Waals surface area contributed by atoms with Gasteiger partial charge in [-0.2, -0.15) is 0 Å². The number of hydrogen-bond acceptors (Lipinski definition) is 2. The van der Waals surface area contributed by atoms with Crippen LogP contribution in [-0.4, -0.2) is 12.8 Å². The van der Waals surface area contributed by atoms with Crippen molar-refractivity contribution in [2.75, 3.05) is 6.61 Å². The number of rotatable bonds is 9. The summed E-state index contributed by atoms with van der Waals surface area (Å²) in [5.41, 5.74) is 5.69. The van der Waals surface area contributed by atoms with Crippen molar-refractivity contribution < 1.29 is 4.74 Å². The fourth-order valence-corrected chi connectivity index (χ4v) is 1.35. The smallest absolute Gasteiger partial charge is 0.105 e. The highest BCUT2D eigenvalue weighted by Crippen LogP contribution is 2.08. The molecule has 0 aliphatic rings. The molecule has 0 aromatic heterocycles. The lowest BCUT2D eigenvalue weighted by atomic mass is 10.1. The first kappa shape index (κ1) is 12.9. The van der Waals surface area contributed by atoms with Crippen molar-refractivity contribution in [3.05, 3.63) is 6.92 Å². The molecule has 1 atom stereocenters. The van der Waals surface area contributed by atoms with E-state index in [0.29, 0.717) is 0 Å². The van der Waals surface area contributed by atoms with Gasteiger partial charge < -0.3 is 10.5 Å². The molecule has 0 amide bonds. The largest absolute Gasteiger partial charge is 0.364 e. The summed E-state index contributed by atoms with van der Waals surface area (Å²) in [6, 6.07) is 0. The minimum Gasteiger partial charge on any atom is -0.364 e. The second-order valence-corrected chi connectivity index (χ2v) is 3.40. The van der Waals surface area contributed by atoms with E-state index in [4.69, 9.17) is 10.5 Å². The zero-order chi connectivity index (χ0) is 9.94. The molecule has 0 saturated carbocycles. The fraction of sp³-hybridized carbons (Fsp3) is 0.909. The summed E-state index contributed by atoms with van der Waals surface area (Å²) in [6.07, 6.45) is 8.38. The predicted octanol–water partition coefficient (Wildman–Crippen LogP) is 2.87. The van der Waals surface area contributed by atoms with Crippen molar-refractivity contribution >= 4 is 0 Å². The van der Waals surface area contributed by atoms with E-state index >= 15 is 0 Å².